The van der Waals surface area contributed by atoms with E-state index < -0.39 is 11.6 Å². The zero-order valence-corrected chi connectivity index (χ0v) is 11.6. The number of hydrogen-bond acceptors (Lipinski definition) is 3. The number of thioether (sulfide) groups is 1. The number of benzene rings is 1. The van der Waals surface area contributed by atoms with E-state index in [0.717, 1.165) is 19.3 Å². The van der Waals surface area contributed by atoms with Crippen molar-refractivity contribution in [2.24, 2.45) is 0 Å². The van der Waals surface area contributed by atoms with Gasteiger partial charge in [0.15, 0.2) is 11.6 Å². The molecule has 102 valence electrons. The molecule has 1 N–H and O–H groups in total. The second kappa shape index (κ2) is 6.25. The SMILES string of the molecule is CSC1CCCC(Nc2ccc(C#N)c(F)c2F)C1. The summed E-state index contributed by atoms with van der Waals surface area (Å²) in [7, 11) is 0. The van der Waals surface area contributed by atoms with Gasteiger partial charge in [0.05, 0.1) is 11.3 Å². The highest BCUT2D eigenvalue weighted by Crippen LogP contribution is 2.30. The van der Waals surface area contributed by atoms with Crippen molar-refractivity contribution in [1.82, 2.24) is 0 Å². The van der Waals surface area contributed by atoms with Crippen LogP contribution in [-0.4, -0.2) is 17.5 Å². The Balaban J connectivity index is 2.11. The molecular weight excluding hydrogens is 266 g/mol. The van der Waals surface area contributed by atoms with Gasteiger partial charge < -0.3 is 5.32 Å². The van der Waals surface area contributed by atoms with Crippen molar-refractivity contribution >= 4 is 17.4 Å². The van der Waals surface area contributed by atoms with Crippen molar-refractivity contribution in [3.63, 3.8) is 0 Å². The van der Waals surface area contributed by atoms with Crippen molar-refractivity contribution in [2.45, 2.75) is 37.0 Å². The van der Waals surface area contributed by atoms with E-state index in [1.54, 1.807) is 6.07 Å². The summed E-state index contributed by atoms with van der Waals surface area (Å²) in [5.74, 6) is -2.02. The van der Waals surface area contributed by atoms with Gasteiger partial charge in [-0.05, 0) is 37.7 Å². The molecule has 0 aromatic heterocycles. The molecule has 0 amide bonds. The highest BCUT2D eigenvalue weighted by Gasteiger charge is 2.23. The first-order valence-electron chi connectivity index (χ1n) is 6.33. The first-order valence-corrected chi connectivity index (χ1v) is 7.62. The van der Waals surface area contributed by atoms with Crippen LogP contribution in [-0.2, 0) is 0 Å². The van der Waals surface area contributed by atoms with Gasteiger partial charge in [0.25, 0.3) is 0 Å². The normalized spacial score (nSPS) is 22.8. The molecule has 2 nitrogen and oxygen atoms in total. The second-order valence-corrected chi connectivity index (χ2v) is 5.90. The van der Waals surface area contributed by atoms with Crippen LogP contribution in [0, 0.1) is 23.0 Å². The van der Waals surface area contributed by atoms with Gasteiger partial charge in [-0.15, -0.1) is 0 Å². The molecule has 1 aliphatic rings. The fraction of sp³-hybridized carbons (Fsp3) is 0.500. The minimum atomic E-state index is -1.07. The van der Waals surface area contributed by atoms with E-state index >= 15 is 0 Å². The predicted molar refractivity (Wildman–Crippen MR) is 74.3 cm³/mol. The molecule has 1 saturated carbocycles. The lowest BCUT2D eigenvalue weighted by Crippen LogP contribution is -2.29. The number of anilines is 1. The molecule has 0 aliphatic heterocycles. The third-order valence-electron chi connectivity index (χ3n) is 3.52. The van der Waals surface area contributed by atoms with Gasteiger partial charge in [-0.3, -0.25) is 0 Å². The van der Waals surface area contributed by atoms with Crippen LogP contribution in [0.2, 0.25) is 0 Å². The monoisotopic (exact) mass is 282 g/mol. The summed E-state index contributed by atoms with van der Waals surface area (Å²) in [4.78, 5) is 0. The Kier molecular flexibility index (Phi) is 4.65. The number of nitrogens with zero attached hydrogens (tertiary/aromatic N) is 1. The van der Waals surface area contributed by atoms with E-state index in [4.69, 9.17) is 5.26 Å². The quantitative estimate of drug-likeness (QED) is 0.912. The van der Waals surface area contributed by atoms with Crippen molar-refractivity contribution < 1.29 is 8.78 Å². The van der Waals surface area contributed by atoms with Gasteiger partial charge in [-0.1, -0.05) is 6.42 Å². The molecule has 19 heavy (non-hydrogen) atoms. The lowest BCUT2D eigenvalue weighted by atomic mass is 9.94. The Morgan fingerprint density at radius 3 is 2.79 bits per heavy atom. The fourth-order valence-corrected chi connectivity index (χ4v) is 3.28. The highest BCUT2D eigenvalue weighted by atomic mass is 32.2. The molecule has 1 aromatic rings. The van der Waals surface area contributed by atoms with Crippen LogP contribution >= 0.6 is 11.8 Å². The Bertz CT molecular complexity index is 499. The minimum absolute atomic E-state index is 0.156. The number of nitrogens with one attached hydrogen (secondary N) is 1. The average Bonchev–Trinajstić information content (AvgIpc) is 2.44. The van der Waals surface area contributed by atoms with Gasteiger partial charge in [0.1, 0.15) is 6.07 Å². The molecule has 2 rings (SSSR count). The maximum absolute atomic E-state index is 13.8. The maximum Gasteiger partial charge on any atom is 0.183 e. The lowest BCUT2D eigenvalue weighted by Gasteiger charge is -2.29. The van der Waals surface area contributed by atoms with Gasteiger partial charge in [-0.2, -0.15) is 17.0 Å². The summed E-state index contributed by atoms with van der Waals surface area (Å²) in [5, 5.41) is 12.3. The summed E-state index contributed by atoms with van der Waals surface area (Å²) in [5.41, 5.74) is -0.100. The number of halogens is 2. The van der Waals surface area contributed by atoms with Crippen molar-refractivity contribution in [3.8, 4) is 6.07 Å². The summed E-state index contributed by atoms with van der Waals surface area (Å²) < 4.78 is 27.3. The number of hydrogen-bond donors (Lipinski definition) is 1. The minimum Gasteiger partial charge on any atom is -0.380 e. The molecule has 0 spiro atoms. The van der Waals surface area contributed by atoms with E-state index in [1.807, 2.05) is 11.8 Å². The Morgan fingerprint density at radius 2 is 2.11 bits per heavy atom. The highest BCUT2D eigenvalue weighted by molar-refractivity contribution is 7.99. The Hall–Kier alpha value is -1.28. The zero-order chi connectivity index (χ0) is 13.8. The molecule has 0 heterocycles. The molecule has 1 aromatic carbocycles. The summed E-state index contributed by atoms with van der Waals surface area (Å²) in [6.07, 6.45) is 6.29. The third-order valence-corrected chi connectivity index (χ3v) is 4.62. The first-order chi connectivity index (χ1) is 9.15. The second-order valence-electron chi connectivity index (χ2n) is 4.77. The Labute approximate surface area is 116 Å². The number of rotatable bonds is 3. The summed E-state index contributed by atoms with van der Waals surface area (Å²) >= 11 is 1.82. The van der Waals surface area contributed by atoms with E-state index in [9.17, 15) is 8.78 Å². The number of nitriles is 1. The summed E-state index contributed by atoms with van der Waals surface area (Å²) in [6, 6.07) is 4.57. The van der Waals surface area contributed by atoms with Crippen LogP contribution in [0.25, 0.3) is 0 Å². The smallest absolute Gasteiger partial charge is 0.183 e. The molecule has 2 unspecified atom stereocenters. The van der Waals surface area contributed by atoms with E-state index in [0.29, 0.717) is 5.25 Å². The first kappa shape index (κ1) is 14.1. The van der Waals surface area contributed by atoms with E-state index in [-0.39, 0.29) is 17.3 Å². The lowest BCUT2D eigenvalue weighted by molar-refractivity contribution is 0.466. The Morgan fingerprint density at radius 1 is 1.32 bits per heavy atom. The van der Waals surface area contributed by atoms with Crippen LogP contribution < -0.4 is 5.32 Å². The van der Waals surface area contributed by atoms with Gasteiger partial charge in [-0.25, -0.2) is 8.78 Å². The molecule has 1 aliphatic carbocycles. The molecular formula is C14H16F2N2S. The molecule has 0 radical (unpaired) electrons. The standard InChI is InChI=1S/C14H16F2N2S/c1-19-11-4-2-3-10(7-11)18-12-6-5-9(8-17)13(15)14(12)16/h5-6,10-11,18H,2-4,7H2,1H3. The molecule has 0 saturated heterocycles. The van der Waals surface area contributed by atoms with Crippen LogP contribution in [0.1, 0.15) is 31.2 Å². The third kappa shape index (κ3) is 3.19. The molecule has 2 atom stereocenters. The van der Waals surface area contributed by atoms with Crippen molar-refractivity contribution in [2.75, 3.05) is 11.6 Å². The zero-order valence-electron chi connectivity index (χ0n) is 10.7. The molecule has 5 heteroatoms. The van der Waals surface area contributed by atoms with Gasteiger partial charge >= 0.3 is 0 Å². The van der Waals surface area contributed by atoms with Crippen LogP contribution in [0.15, 0.2) is 12.1 Å². The topological polar surface area (TPSA) is 35.8 Å². The maximum atomic E-state index is 13.8. The van der Waals surface area contributed by atoms with E-state index in [1.165, 1.54) is 18.6 Å². The predicted octanol–water partition coefficient (Wildman–Crippen LogP) is 3.92. The average molecular weight is 282 g/mol. The van der Waals surface area contributed by atoms with Crippen LogP contribution in [0.3, 0.4) is 0 Å². The van der Waals surface area contributed by atoms with Crippen LogP contribution in [0.5, 0.6) is 0 Å². The van der Waals surface area contributed by atoms with Crippen molar-refractivity contribution in [1.29, 1.82) is 5.26 Å². The van der Waals surface area contributed by atoms with Gasteiger partial charge in [0, 0.05) is 11.3 Å². The van der Waals surface area contributed by atoms with Crippen molar-refractivity contribution in [3.05, 3.63) is 29.3 Å². The molecule has 1 fully saturated rings. The van der Waals surface area contributed by atoms with E-state index in [2.05, 4.69) is 11.6 Å². The summed E-state index contributed by atoms with van der Waals surface area (Å²) in [6.45, 7) is 0. The molecule has 0 bridgehead atoms. The van der Waals surface area contributed by atoms with Crippen LogP contribution in [0.4, 0.5) is 14.5 Å². The fourth-order valence-electron chi connectivity index (χ4n) is 2.46. The largest absolute Gasteiger partial charge is 0.380 e. The van der Waals surface area contributed by atoms with Gasteiger partial charge in [0.2, 0.25) is 0 Å².